The molecule has 1 N–H and O–H groups in total. The molecular formula is C17H30N2. The molecule has 0 spiro atoms. The fourth-order valence-electron chi connectivity index (χ4n) is 2.38. The maximum Gasteiger partial charge on any atom is 0.0364 e. The SMILES string of the molecule is CCNC(CCCC(C)C)c1cccc(N(C)C)c1. The molecule has 1 aromatic rings. The van der Waals surface area contributed by atoms with Crippen molar-refractivity contribution >= 4 is 5.69 Å². The number of hydrogen-bond donors (Lipinski definition) is 1. The fourth-order valence-corrected chi connectivity index (χ4v) is 2.38. The number of nitrogens with one attached hydrogen (secondary N) is 1. The van der Waals surface area contributed by atoms with Crippen molar-refractivity contribution in [3.05, 3.63) is 29.8 Å². The summed E-state index contributed by atoms with van der Waals surface area (Å²) in [7, 11) is 4.19. The Morgan fingerprint density at radius 2 is 1.89 bits per heavy atom. The van der Waals surface area contributed by atoms with Crippen LogP contribution in [-0.2, 0) is 0 Å². The zero-order chi connectivity index (χ0) is 14.3. The maximum absolute atomic E-state index is 3.62. The van der Waals surface area contributed by atoms with Gasteiger partial charge in [-0.25, -0.2) is 0 Å². The molecule has 0 aliphatic heterocycles. The zero-order valence-electron chi connectivity index (χ0n) is 13.2. The van der Waals surface area contributed by atoms with E-state index >= 15 is 0 Å². The monoisotopic (exact) mass is 262 g/mol. The van der Waals surface area contributed by atoms with Gasteiger partial charge in [0, 0.05) is 25.8 Å². The van der Waals surface area contributed by atoms with Gasteiger partial charge in [-0.3, -0.25) is 0 Å². The van der Waals surface area contributed by atoms with Crippen molar-refractivity contribution < 1.29 is 0 Å². The standard InChI is InChI=1S/C17H30N2/c1-6-18-17(12-7-9-14(2)3)15-10-8-11-16(13-15)19(4)5/h8,10-11,13-14,17-18H,6-7,9,12H2,1-5H3. The van der Waals surface area contributed by atoms with Crippen LogP contribution in [0.15, 0.2) is 24.3 Å². The van der Waals surface area contributed by atoms with Crippen molar-refractivity contribution in [2.45, 2.75) is 46.1 Å². The van der Waals surface area contributed by atoms with E-state index in [4.69, 9.17) is 0 Å². The van der Waals surface area contributed by atoms with Gasteiger partial charge in [-0.1, -0.05) is 45.7 Å². The summed E-state index contributed by atoms with van der Waals surface area (Å²) in [6.07, 6.45) is 3.83. The van der Waals surface area contributed by atoms with Gasteiger partial charge < -0.3 is 10.2 Å². The van der Waals surface area contributed by atoms with Crippen LogP contribution in [0.4, 0.5) is 5.69 Å². The molecule has 2 nitrogen and oxygen atoms in total. The number of rotatable bonds is 8. The van der Waals surface area contributed by atoms with E-state index in [0.717, 1.165) is 12.5 Å². The van der Waals surface area contributed by atoms with Crippen LogP contribution >= 0.6 is 0 Å². The molecule has 1 atom stereocenters. The Bertz CT molecular complexity index is 358. The molecule has 0 fully saturated rings. The van der Waals surface area contributed by atoms with Crippen LogP contribution in [0.2, 0.25) is 0 Å². The molecule has 2 heteroatoms. The Kier molecular flexibility index (Phi) is 6.93. The highest BCUT2D eigenvalue weighted by molar-refractivity contribution is 5.47. The summed E-state index contributed by atoms with van der Waals surface area (Å²) in [5.41, 5.74) is 2.70. The van der Waals surface area contributed by atoms with Gasteiger partial charge in [0.25, 0.3) is 0 Å². The largest absolute Gasteiger partial charge is 0.378 e. The van der Waals surface area contributed by atoms with Gasteiger partial charge in [-0.15, -0.1) is 0 Å². The summed E-state index contributed by atoms with van der Waals surface area (Å²) in [6, 6.07) is 9.37. The second kappa shape index (κ2) is 8.21. The summed E-state index contributed by atoms with van der Waals surface area (Å²) in [4.78, 5) is 2.17. The third kappa shape index (κ3) is 5.65. The summed E-state index contributed by atoms with van der Waals surface area (Å²) in [5, 5.41) is 3.62. The Balaban J connectivity index is 2.71. The van der Waals surface area contributed by atoms with Crippen LogP contribution in [0, 0.1) is 5.92 Å². The molecule has 0 amide bonds. The van der Waals surface area contributed by atoms with Crippen molar-refractivity contribution in [2.75, 3.05) is 25.5 Å². The van der Waals surface area contributed by atoms with Gasteiger partial charge in [0.15, 0.2) is 0 Å². The van der Waals surface area contributed by atoms with Crippen molar-refractivity contribution in [3.63, 3.8) is 0 Å². The van der Waals surface area contributed by atoms with E-state index in [1.165, 1.54) is 30.5 Å². The van der Waals surface area contributed by atoms with Crippen molar-refractivity contribution in [2.24, 2.45) is 5.92 Å². The minimum absolute atomic E-state index is 0.489. The minimum Gasteiger partial charge on any atom is -0.378 e. The van der Waals surface area contributed by atoms with Gasteiger partial charge in [0.2, 0.25) is 0 Å². The smallest absolute Gasteiger partial charge is 0.0364 e. The lowest BCUT2D eigenvalue weighted by molar-refractivity contribution is 0.455. The average molecular weight is 262 g/mol. The number of hydrogen-bond acceptors (Lipinski definition) is 2. The molecule has 0 aliphatic rings. The van der Waals surface area contributed by atoms with Crippen molar-refractivity contribution in [1.82, 2.24) is 5.32 Å². The normalized spacial score (nSPS) is 12.7. The van der Waals surface area contributed by atoms with Crippen LogP contribution in [0.5, 0.6) is 0 Å². The highest BCUT2D eigenvalue weighted by Gasteiger charge is 2.11. The molecule has 0 radical (unpaired) electrons. The lowest BCUT2D eigenvalue weighted by atomic mass is 9.97. The molecule has 0 aromatic heterocycles. The van der Waals surface area contributed by atoms with Gasteiger partial charge >= 0.3 is 0 Å². The quantitative estimate of drug-likeness (QED) is 0.754. The predicted octanol–water partition coefficient (Wildman–Crippen LogP) is 4.23. The molecular weight excluding hydrogens is 232 g/mol. The van der Waals surface area contributed by atoms with E-state index in [-0.39, 0.29) is 0 Å². The summed E-state index contributed by atoms with van der Waals surface area (Å²) in [5.74, 6) is 0.801. The van der Waals surface area contributed by atoms with Crippen LogP contribution in [0.1, 0.15) is 51.6 Å². The highest BCUT2D eigenvalue weighted by atomic mass is 15.1. The van der Waals surface area contributed by atoms with E-state index in [9.17, 15) is 0 Å². The molecule has 0 heterocycles. The first kappa shape index (κ1) is 16.0. The Hall–Kier alpha value is -1.02. The molecule has 1 rings (SSSR count). The van der Waals surface area contributed by atoms with E-state index in [0.29, 0.717) is 6.04 Å². The lowest BCUT2D eigenvalue weighted by Gasteiger charge is -2.21. The first-order valence-electron chi connectivity index (χ1n) is 7.55. The van der Waals surface area contributed by atoms with Crippen LogP contribution in [-0.4, -0.2) is 20.6 Å². The molecule has 0 saturated heterocycles. The van der Waals surface area contributed by atoms with Crippen LogP contribution in [0.3, 0.4) is 0 Å². The minimum atomic E-state index is 0.489. The van der Waals surface area contributed by atoms with Crippen LogP contribution < -0.4 is 10.2 Å². The highest BCUT2D eigenvalue weighted by Crippen LogP contribution is 2.24. The molecule has 0 bridgehead atoms. The summed E-state index contributed by atoms with van der Waals surface area (Å²) in [6.45, 7) is 7.81. The lowest BCUT2D eigenvalue weighted by Crippen LogP contribution is -2.21. The van der Waals surface area contributed by atoms with E-state index in [2.05, 4.69) is 69.3 Å². The third-order valence-corrected chi connectivity index (χ3v) is 3.51. The summed E-state index contributed by atoms with van der Waals surface area (Å²) >= 11 is 0. The second-order valence-corrected chi connectivity index (χ2v) is 5.92. The molecule has 1 unspecified atom stereocenters. The Morgan fingerprint density at radius 3 is 2.47 bits per heavy atom. The van der Waals surface area contributed by atoms with E-state index < -0.39 is 0 Å². The topological polar surface area (TPSA) is 15.3 Å². The van der Waals surface area contributed by atoms with Gasteiger partial charge in [0.05, 0.1) is 0 Å². The molecule has 0 saturated carbocycles. The van der Waals surface area contributed by atoms with Crippen molar-refractivity contribution in [1.29, 1.82) is 0 Å². The molecule has 108 valence electrons. The van der Waals surface area contributed by atoms with Crippen molar-refractivity contribution in [3.8, 4) is 0 Å². The predicted molar refractivity (Wildman–Crippen MR) is 85.9 cm³/mol. The summed E-state index contributed by atoms with van der Waals surface area (Å²) < 4.78 is 0. The Morgan fingerprint density at radius 1 is 1.16 bits per heavy atom. The van der Waals surface area contributed by atoms with E-state index in [1.54, 1.807) is 0 Å². The first-order valence-corrected chi connectivity index (χ1v) is 7.55. The van der Waals surface area contributed by atoms with Gasteiger partial charge in [-0.2, -0.15) is 0 Å². The Labute approximate surface area is 119 Å². The number of nitrogens with zero attached hydrogens (tertiary/aromatic N) is 1. The molecule has 19 heavy (non-hydrogen) atoms. The third-order valence-electron chi connectivity index (χ3n) is 3.51. The van der Waals surface area contributed by atoms with Gasteiger partial charge in [-0.05, 0) is 36.6 Å². The first-order chi connectivity index (χ1) is 9.04. The zero-order valence-corrected chi connectivity index (χ0v) is 13.2. The average Bonchev–Trinajstić information content (AvgIpc) is 2.37. The molecule has 1 aromatic carbocycles. The van der Waals surface area contributed by atoms with E-state index in [1.807, 2.05) is 0 Å². The van der Waals surface area contributed by atoms with Gasteiger partial charge in [0.1, 0.15) is 0 Å². The number of anilines is 1. The number of benzene rings is 1. The second-order valence-electron chi connectivity index (χ2n) is 5.92. The maximum atomic E-state index is 3.62. The molecule has 0 aliphatic carbocycles. The van der Waals surface area contributed by atoms with Crippen LogP contribution in [0.25, 0.3) is 0 Å². The fraction of sp³-hybridized carbons (Fsp3) is 0.647.